The van der Waals surface area contributed by atoms with Crippen LogP contribution in [0.25, 0.3) is 0 Å². The van der Waals surface area contributed by atoms with Crippen LogP contribution in [-0.2, 0) is 6.54 Å². The van der Waals surface area contributed by atoms with Crippen molar-refractivity contribution in [1.29, 1.82) is 5.26 Å². The van der Waals surface area contributed by atoms with Crippen molar-refractivity contribution in [2.24, 2.45) is 23.2 Å². The monoisotopic (exact) mass is 434 g/mol. The van der Waals surface area contributed by atoms with Crippen molar-refractivity contribution < 1.29 is 4.74 Å². The lowest BCUT2D eigenvalue weighted by molar-refractivity contribution is -0.0993. The molecule has 170 valence electrons. The van der Waals surface area contributed by atoms with Crippen molar-refractivity contribution in [1.82, 2.24) is 25.0 Å². The van der Waals surface area contributed by atoms with Crippen molar-refractivity contribution in [2.45, 2.75) is 58.8 Å². The van der Waals surface area contributed by atoms with E-state index in [1.54, 1.807) is 13.3 Å². The van der Waals surface area contributed by atoms with Crippen LogP contribution in [0.5, 0.6) is 5.88 Å². The predicted molar refractivity (Wildman–Crippen MR) is 122 cm³/mol. The number of aromatic nitrogens is 3. The van der Waals surface area contributed by atoms with Gasteiger partial charge in [0, 0.05) is 44.0 Å². The van der Waals surface area contributed by atoms with E-state index < -0.39 is 0 Å². The molecule has 4 aliphatic rings. The Morgan fingerprint density at radius 3 is 2.53 bits per heavy atom. The van der Waals surface area contributed by atoms with Gasteiger partial charge in [0.2, 0.25) is 5.88 Å². The maximum absolute atomic E-state index is 9.71. The average molecular weight is 435 g/mol. The van der Waals surface area contributed by atoms with Crippen LogP contribution in [0.2, 0.25) is 0 Å². The molecule has 7 nitrogen and oxygen atoms in total. The molecular formula is C25H34N6O. The molecule has 0 amide bonds. The number of H-pyrrole nitrogens is 1. The molecule has 0 aromatic carbocycles. The average Bonchev–Trinajstić information content (AvgIpc) is 3.14. The van der Waals surface area contributed by atoms with Gasteiger partial charge < -0.3 is 4.74 Å². The summed E-state index contributed by atoms with van der Waals surface area (Å²) in [6.45, 7) is 12.5. The van der Waals surface area contributed by atoms with Crippen molar-refractivity contribution in [3.05, 3.63) is 41.3 Å². The van der Waals surface area contributed by atoms with Crippen LogP contribution in [0, 0.1) is 34.5 Å². The summed E-state index contributed by atoms with van der Waals surface area (Å²) in [5.41, 5.74) is 3.21. The molecule has 0 spiro atoms. The molecule has 3 aliphatic heterocycles. The Labute approximate surface area is 190 Å². The van der Waals surface area contributed by atoms with Gasteiger partial charge in [-0.2, -0.15) is 10.4 Å². The largest absolute Gasteiger partial charge is 0.481 e. The topological polar surface area (TPSA) is 81.1 Å². The smallest absolute Gasteiger partial charge is 0.212 e. The van der Waals surface area contributed by atoms with Crippen molar-refractivity contribution in [3.63, 3.8) is 0 Å². The molecule has 6 rings (SSSR count). The standard InChI is InChI=1S/C25H34N6O/c1-15-16(2)25(15,4)17(3)24(23-19(9-26)11-28-29-23)30-13-20-8-21(14-30)31(20)12-18-6-7-22(32-5)27-10-18/h6-7,10-11,15-17,20-21,24H,8,12-14H2,1-5H3,(H,28,29). The third kappa shape index (κ3) is 3.23. The fourth-order valence-electron chi connectivity index (χ4n) is 6.59. The summed E-state index contributed by atoms with van der Waals surface area (Å²) in [5, 5.41) is 17.2. The normalized spacial score (nSPS) is 33.8. The second kappa shape index (κ2) is 7.86. The SMILES string of the molecule is COc1ccc(CN2C3CC2CN(C(c2[nH]ncc2C#N)C(C)C2(C)C(C)C2C)C3)cn1. The molecule has 4 fully saturated rings. The molecular weight excluding hydrogens is 400 g/mol. The van der Waals surface area contributed by atoms with Crippen LogP contribution in [0.1, 0.15) is 57.0 Å². The molecule has 6 unspecified atom stereocenters. The number of ether oxygens (including phenoxy) is 1. The minimum absolute atomic E-state index is 0.194. The Morgan fingerprint density at radius 2 is 1.97 bits per heavy atom. The number of aromatic amines is 1. The third-order valence-electron chi connectivity index (χ3n) is 9.28. The van der Waals surface area contributed by atoms with Crippen molar-refractivity contribution >= 4 is 0 Å². The van der Waals surface area contributed by atoms with Gasteiger partial charge in [0.1, 0.15) is 6.07 Å². The summed E-state index contributed by atoms with van der Waals surface area (Å²) in [5.74, 6) is 2.50. The molecule has 6 atom stereocenters. The minimum atomic E-state index is 0.194. The highest BCUT2D eigenvalue weighted by Crippen LogP contribution is 2.65. The van der Waals surface area contributed by atoms with Gasteiger partial charge in [-0.3, -0.25) is 14.9 Å². The van der Waals surface area contributed by atoms with Crippen molar-refractivity contribution in [2.75, 3.05) is 20.2 Å². The fourth-order valence-corrected chi connectivity index (χ4v) is 6.59. The molecule has 1 saturated carbocycles. The number of nitrogens with zero attached hydrogens (tertiary/aromatic N) is 5. The lowest BCUT2D eigenvalue weighted by atomic mass is 9.77. The van der Waals surface area contributed by atoms with Gasteiger partial charge in [-0.15, -0.1) is 0 Å². The number of hydrogen-bond donors (Lipinski definition) is 1. The van der Waals surface area contributed by atoms with E-state index in [1.165, 1.54) is 12.0 Å². The van der Waals surface area contributed by atoms with Gasteiger partial charge in [-0.1, -0.05) is 33.8 Å². The van der Waals surface area contributed by atoms with E-state index in [9.17, 15) is 5.26 Å². The van der Waals surface area contributed by atoms with E-state index in [1.807, 2.05) is 12.3 Å². The lowest BCUT2D eigenvalue weighted by Gasteiger charge is -2.58. The summed E-state index contributed by atoms with van der Waals surface area (Å²) >= 11 is 0. The van der Waals surface area contributed by atoms with Crippen LogP contribution < -0.4 is 4.74 Å². The fraction of sp³-hybridized carbons (Fsp3) is 0.640. The molecule has 3 saturated heterocycles. The molecule has 1 N–H and O–H groups in total. The number of nitriles is 1. The summed E-state index contributed by atoms with van der Waals surface area (Å²) in [7, 11) is 1.65. The van der Waals surface area contributed by atoms with Crippen LogP contribution in [0.4, 0.5) is 0 Å². The zero-order valence-electron chi connectivity index (χ0n) is 19.7. The first kappa shape index (κ1) is 21.4. The molecule has 1 aliphatic carbocycles. The summed E-state index contributed by atoms with van der Waals surface area (Å²) in [6, 6.07) is 7.70. The Balaban J connectivity index is 1.35. The first-order valence-corrected chi connectivity index (χ1v) is 11.8. The third-order valence-corrected chi connectivity index (χ3v) is 9.28. The van der Waals surface area contributed by atoms with E-state index in [2.05, 4.69) is 64.8 Å². The van der Waals surface area contributed by atoms with E-state index in [0.29, 0.717) is 46.7 Å². The van der Waals surface area contributed by atoms with Gasteiger partial charge >= 0.3 is 0 Å². The first-order valence-electron chi connectivity index (χ1n) is 11.8. The van der Waals surface area contributed by atoms with Gasteiger partial charge in [-0.05, 0) is 35.2 Å². The highest BCUT2D eigenvalue weighted by molar-refractivity contribution is 5.34. The van der Waals surface area contributed by atoms with E-state index in [0.717, 1.165) is 25.3 Å². The molecule has 2 bridgehead atoms. The quantitative estimate of drug-likeness (QED) is 0.717. The van der Waals surface area contributed by atoms with E-state index in [-0.39, 0.29) is 6.04 Å². The molecule has 7 heteroatoms. The number of rotatable bonds is 7. The van der Waals surface area contributed by atoms with E-state index in [4.69, 9.17) is 4.74 Å². The van der Waals surface area contributed by atoms with E-state index >= 15 is 0 Å². The zero-order valence-corrected chi connectivity index (χ0v) is 19.7. The highest BCUT2D eigenvalue weighted by atomic mass is 16.5. The molecule has 5 heterocycles. The molecule has 32 heavy (non-hydrogen) atoms. The van der Waals surface area contributed by atoms with Gasteiger partial charge in [0.05, 0.1) is 30.6 Å². The van der Waals surface area contributed by atoms with Gasteiger partial charge in [0.15, 0.2) is 0 Å². The second-order valence-electron chi connectivity index (χ2n) is 10.4. The van der Waals surface area contributed by atoms with Gasteiger partial charge in [0.25, 0.3) is 0 Å². The van der Waals surface area contributed by atoms with Crippen LogP contribution in [0.15, 0.2) is 24.5 Å². The predicted octanol–water partition coefficient (Wildman–Crippen LogP) is 3.61. The second-order valence-corrected chi connectivity index (χ2v) is 10.4. The first-order chi connectivity index (χ1) is 15.4. The Morgan fingerprint density at radius 1 is 1.25 bits per heavy atom. The Bertz CT molecular complexity index is 990. The number of fused-ring (bicyclic) bond motifs is 2. The number of piperidine rings is 1. The Kier molecular flexibility index (Phi) is 5.26. The maximum atomic E-state index is 9.71. The molecule has 2 aromatic rings. The lowest BCUT2D eigenvalue weighted by Crippen LogP contribution is -2.68. The zero-order chi connectivity index (χ0) is 22.6. The number of piperazine rings is 1. The Hall–Kier alpha value is -2.43. The number of pyridine rings is 1. The van der Waals surface area contributed by atoms with Crippen LogP contribution in [-0.4, -0.2) is 57.3 Å². The number of methoxy groups -OCH3 is 1. The minimum Gasteiger partial charge on any atom is -0.481 e. The highest BCUT2D eigenvalue weighted by Gasteiger charge is 2.61. The van der Waals surface area contributed by atoms with Crippen LogP contribution in [0.3, 0.4) is 0 Å². The summed E-state index contributed by atoms with van der Waals surface area (Å²) < 4.78 is 5.19. The number of nitrogens with one attached hydrogen (secondary N) is 1. The summed E-state index contributed by atoms with van der Waals surface area (Å²) in [4.78, 5) is 9.61. The molecule has 0 radical (unpaired) electrons. The van der Waals surface area contributed by atoms with Gasteiger partial charge in [-0.25, -0.2) is 4.98 Å². The number of hydrogen-bond acceptors (Lipinski definition) is 6. The summed E-state index contributed by atoms with van der Waals surface area (Å²) in [6.07, 6.45) is 4.86. The van der Waals surface area contributed by atoms with Crippen molar-refractivity contribution in [3.8, 4) is 11.9 Å². The molecule has 2 aromatic heterocycles. The van der Waals surface area contributed by atoms with Crippen LogP contribution >= 0.6 is 0 Å². The maximum Gasteiger partial charge on any atom is 0.212 e.